The second-order valence-corrected chi connectivity index (χ2v) is 9.11. The molecule has 6 nitrogen and oxygen atoms in total. The number of allylic oxidation sites excluding steroid dienone is 2. The van der Waals surface area contributed by atoms with Crippen molar-refractivity contribution < 1.29 is 23.8 Å². The summed E-state index contributed by atoms with van der Waals surface area (Å²) in [5.74, 6) is -0.270. The zero-order valence-corrected chi connectivity index (χ0v) is 17.9. The average Bonchev–Trinajstić information content (AvgIpc) is 3.05. The third kappa shape index (κ3) is 3.05. The van der Waals surface area contributed by atoms with Crippen molar-refractivity contribution in [2.75, 3.05) is 13.9 Å². The number of esters is 1. The van der Waals surface area contributed by atoms with Crippen molar-refractivity contribution in [1.82, 2.24) is 0 Å². The maximum Gasteiger partial charge on any atom is 0.315 e. The number of aliphatic imine (C=N–C) groups is 1. The molecule has 0 aromatic heterocycles. The molecule has 7 heteroatoms. The fraction of sp³-hybridized carbons (Fsp3) is 0.476. The second-order valence-electron chi connectivity index (χ2n) is 8.26. The van der Waals surface area contributed by atoms with Crippen molar-refractivity contribution >= 4 is 33.4 Å². The van der Waals surface area contributed by atoms with E-state index in [1.165, 1.54) is 7.11 Å². The normalized spacial score (nSPS) is 25.3. The topological polar surface area (TPSA) is 74.2 Å². The number of benzene rings is 1. The zero-order valence-electron chi connectivity index (χ0n) is 16.3. The van der Waals surface area contributed by atoms with Crippen molar-refractivity contribution in [2.24, 2.45) is 16.3 Å². The molecular formula is C21H22BrNO5. The Kier molecular flexibility index (Phi) is 4.61. The van der Waals surface area contributed by atoms with Gasteiger partial charge >= 0.3 is 5.97 Å². The summed E-state index contributed by atoms with van der Waals surface area (Å²) in [6, 6.07) is 3.67. The zero-order chi connectivity index (χ0) is 20.2. The standard InChI is InChI=1S/C21H22BrNO5/c1-10-17(20(25)26-4)18(11-5-15-16(6-12(11)22)28-9-27-15)19-13(23-10)7-21(2,3)8-14(19)24/h5-6,17-18H,7-9H2,1-4H3/t17?,18-/m0/s1. The van der Waals surface area contributed by atoms with Gasteiger partial charge in [-0.05, 0) is 36.5 Å². The first-order chi connectivity index (χ1) is 13.2. The maximum absolute atomic E-state index is 13.2. The minimum atomic E-state index is -0.661. The molecule has 28 heavy (non-hydrogen) atoms. The fourth-order valence-corrected chi connectivity index (χ4v) is 4.95. The number of hydrogen-bond acceptors (Lipinski definition) is 6. The minimum Gasteiger partial charge on any atom is -0.468 e. The van der Waals surface area contributed by atoms with Crippen LogP contribution < -0.4 is 9.47 Å². The highest BCUT2D eigenvalue weighted by Gasteiger charge is 2.46. The molecule has 148 valence electrons. The Bertz CT molecular complexity index is 946. The lowest BCUT2D eigenvalue weighted by atomic mass is 9.67. The number of nitrogens with zero attached hydrogens (tertiary/aromatic N) is 1. The van der Waals surface area contributed by atoms with Crippen molar-refractivity contribution in [2.45, 2.75) is 39.5 Å². The van der Waals surface area contributed by atoms with Crippen LogP contribution in [0.2, 0.25) is 0 Å². The van der Waals surface area contributed by atoms with Gasteiger partial charge in [-0.1, -0.05) is 29.8 Å². The van der Waals surface area contributed by atoms with E-state index in [0.717, 1.165) is 15.7 Å². The summed E-state index contributed by atoms with van der Waals surface area (Å²) >= 11 is 3.60. The number of rotatable bonds is 2. The number of carbonyl (C=O) groups excluding carboxylic acids is 2. The molecule has 1 aromatic carbocycles. The fourth-order valence-electron chi connectivity index (χ4n) is 4.38. The number of fused-ring (bicyclic) bond motifs is 1. The molecule has 0 saturated heterocycles. The van der Waals surface area contributed by atoms with Crippen LogP contribution in [0.15, 0.2) is 32.9 Å². The van der Waals surface area contributed by atoms with Crippen LogP contribution in [0.5, 0.6) is 11.5 Å². The molecule has 4 rings (SSSR count). The lowest BCUT2D eigenvalue weighted by Crippen LogP contribution is -2.39. The van der Waals surface area contributed by atoms with E-state index in [9.17, 15) is 9.59 Å². The van der Waals surface area contributed by atoms with Gasteiger partial charge in [-0.15, -0.1) is 0 Å². The molecule has 0 radical (unpaired) electrons. The highest BCUT2D eigenvalue weighted by molar-refractivity contribution is 9.10. The average molecular weight is 448 g/mol. The highest BCUT2D eigenvalue weighted by Crippen LogP contribution is 2.51. The van der Waals surface area contributed by atoms with Gasteiger partial charge in [0.1, 0.15) is 5.92 Å². The molecule has 2 aliphatic heterocycles. The summed E-state index contributed by atoms with van der Waals surface area (Å²) in [6.45, 7) is 6.11. The van der Waals surface area contributed by atoms with Gasteiger partial charge in [-0.25, -0.2) is 0 Å². The molecule has 2 heterocycles. The van der Waals surface area contributed by atoms with Gasteiger partial charge in [-0.2, -0.15) is 0 Å². The molecule has 0 amide bonds. The van der Waals surface area contributed by atoms with E-state index in [2.05, 4.69) is 34.8 Å². The van der Waals surface area contributed by atoms with Crippen molar-refractivity contribution in [3.63, 3.8) is 0 Å². The number of halogens is 1. The van der Waals surface area contributed by atoms with Crippen LogP contribution in [0.25, 0.3) is 0 Å². The number of Topliss-reactive ketones (excluding diaryl/α,β-unsaturated/α-hetero) is 1. The molecule has 1 aromatic rings. The Balaban J connectivity index is 1.93. The smallest absolute Gasteiger partial charge is 0.315 e. The number of ether oxygens (including phenoxy) is 3. The third-order valence-corrected chi connectivity index (χ3v) is 6.27. The molecule has 0 fully saturated rings. The second kappa shape index (κ2) is 6.72. The number of hydrogen-bond donors (Lipinski definition) is 0. The predicted molar refractivity (Wildman–Crippen MR) is 107 cm³/mol. The molecule has 0 spiro atoms. The van der Waals surface area contributed by atoms with E-state index in [1.54, 1.807) is 0 Å². The van der Waals surface area contributed by atoms with Gasteiger partial charge in [0.2, 0.25) is 6.79 Å². The number of methoxy groups -OCH3 is 1. The van der Waals surface area contributed by atoms with Gasteiger partial charge in [-0.3, -0.25) is 14.6 Å². The van der Waals surface area contributed by atoms with Crippen LogP contribution in [-0.4, -0.2) is 31.4 Å². The number of carbonyl (C=O) groups is 2. The van der Waals surface area contributed by atoms with Crippen LogP contribution >= 0.6 is 15.9 Å². The predicted octanol–water partition coefficient (Wildman–Crippen LogP) is 4.17. The number of ketones is 1. The van der Waals surface area contributed by atoms with Crippen LogP contribution in [0.1, 0.15) is 45.1 Å². The summed E-state index contributed by atoms with van der Waals surface area (Å²) < 4.78 is 16.8. The Labute approximate surface area is 172 Å². The van der Waals surface area contributed by atoms with E-state index >= 15 is 0 Å². The molecule has 1 unspecified atom stereocenters. The lowest BCUT2D eigenvalue weighted by molar-refractivity contribution is -0.143. The van der Waals surface area contributed by atoms with Crippen molar-refractivity contribution in [3.8, 4) is 11.5 Å². The van der Waals surface area contributed by atoms with Crippen molar-refractivity contribution in [3.05, 3.63) is 33.4 Å². The van der Waals surface area contributed by atoms with E-state index < -0.39 is 17.8 Å². The summed E-state index contributed by atoms with van der Waals surface area (Å²) in [5.41, 5.74) is 2.68. The van der Waals surface area contributed by atoms with Gasteiger partial charge in [0.05, 0.1) is 7.11 Å². The Hall–Kier alpha value is -2.15. The molecule has 3 aliphatic rings. The largest absolute Gasteiger partial charge is 0.468 e. The first kappa shape index (κ1) is 19.2. The summed E-state index contributed by atoms with van der Waals surface area (Å²) in [7, 11) is 1.36. The summed E-state index contributed by atoms with van der Waals surface area (Å²) in [6.07, 6.45) is 1.12. The van der Waals surface area contributed by atoms with Gasteiger partial charge in [0, 0.05) is 33.8 Å². The van der Waals surface area contributed by atoms with Crippen LogP contribution in [0.4, 0.5) is 0 Å². The quantitative estimate of drug-likeness (QED) is 0.635. The first-order valence-electron chi connectivity index (χ1n) is 9.20. The highest BCUT2D eigenvalue weighted by atomic mass is 79.9. The molecular weight excluding hydrogens is 426 g/mol. The SMILES string of the molecule is COC(=O)C1C(C)=NC2=C(C(=O)CC(C)(C)C2)[C@H]1c1cc2c(cc1Br)OCO2. The van der Waals surface area contributed by atoms with Crippen LogP contribution in [0.3, 0.4) is 0 Å². The Morgan fingerprint density at radius 2 is 1.93 bits per heavy atom. The van der Waals surface area contributed by atoms with Gasteiger partial charge in [0.15, 0.2) is 17.3 Å². The maximum atomic E-state index is 13.2. The van der Waals surface area contributed by atoms with E-state index in [-0.39, 0.29) is 18.0 Å². The minimum absolute atomic E-state index is 0.0333. The molecule has 1 aliphatic carbocycles. The van der Waals surface area contributed by atoms with Gasteiger partial charge in [0.25, 0.3) is 0 Å². The van der Waals surface area contributed by atoms with E-state index in [0.29, 0.717) is 35.6 Å². The lowest BCUT2D eigenvalue weighted by Gasteiger charge is -2.39. The summed E-state index contributed by atoms with van der Waals surface area (Å²) in [4.78, 5) is 30.6. The molecule has 0 N–H and O–H groups in total. The Morgan fingerprint density at radius 3 is 2.61 bits per heavy atom. The molecule has 2 atom stereocenters. The monoisotopic (exact) mass is 447 g/mol. The third-order valence-electron chi connectivity index (χ3n) is 5.58. The molecule has 0 bridgehead atoms. The molecule has 0 saturated carbocycles. The van der Waals surface area contributed by atoms with Gasteiger partial charge < -0.3 is 14.2 Å². The van der Waals surface area contributed by atoms with E-state index in [4.69, 9.17) is 14.2 Å². The van der Waals surface area contributed by atoms with Crippen LogP contribution in [0, 0.1) is 11.3 Å². The first-order valence-corrected chi connectivity index (χ1v) is 9.99. The summed E-state index contributed by atoms with van der Waals surface area (Å²) in [5, 5.41) is 0. The van der Waals surface area contributed by atoms with E-state index in [1.807, 2.05) is 19.1 Å². The Morgan fingerprint density at radius 1 is 1.25 bits per heavy atom. The van der Waals surface area contributed by atoms with Crippen molar-refractivity contribution in [1.29, 1.82) is 0 Å². The van der Waals surface area contributed by atoms with Crippen LogP contribution in [-0.2, 0) is 14.3 Å².